The van der Waals surface area contributed by atoms with Crippen molar-refractivity contribution in [2.45, 2.75) is 19.8 Å². The van der Waals surface area contributed by atoms with E-state index in [0.29, 0.717) is 28.9 Å². The third kappa shape index (κ3) is 4.12. The number of H-pyrrole nitrogens is 1. The maximum absolute atomic E-state index is 14.8. The summed E-state index contributed by atoms with van der Waals surface area (Å²) in [7, 11) is -3.69. The number of anilines is 1. The number of benzene rings is 1. The predicted molar refractivity (Wildman–Crippen MR) is 103 cm³/mol. The van der Waals surface area contributed by atoms with E-state index in [9.17, 15) is 17.6 Å². The molecule has 1 aromatic carbocycles. The van der Waals surface area contributed by atoms with Gasteiger partial charge in [0, 0.05) is 23.3 Å². The molecule has 0 aliphatic carbocycles. The lowest BCUT2D eigenvalue weighted by Gasteiger charge is -2.10. The summed E-state index contributed by atoms with van der Waals surface area (Å²) in [6.07, 6.45) is 4.01. The lowest BCUT2D eigenvalue weighted by Crippen LogP contribution is -2.18. The van der Waals surface area contributed by atoms with Gasteiger partial charge in [-0.25, -0.2) is 17.8 Å². The van der Waals surface area contributed by atoms with Crippen LogP contribution in [0.1, 0.15) is 35.7 Å². The number of carbonyl (C=O) groups excluding carboxylic acids is 1. The van der Waals surface area contributed by atoms with E-state index in [2.05, 4.69) is 14.7 Å². The van der Waals surface area contributed by atoms with Crippen molar-refractivity contribution >= 4 is 44.1 Å². The zero-order valence-corrected chi connectivity index (χ0v) is 16.0. The number of fused-ring (bicyclic) bond motifs is 1. The monoisotopic (exact) mass is 409 g/mol. The number of unbranched alkanes of at least 4 members (excludes halogenated alkanes) is 1. The van der Waals surface area contributed by atoms with E-state index >= 15 is 0 Å². The molecule has 0 saturated carbocycles. The van der Waals surface area contributed by atoms with E-state index in [0.717, 1.165) is 0 Å². The average molecular weight is 410 g/mol. The van der Waals surface area contributed by atoms with Crippen LogP contribution in [0, 0.1) is 5.82 Å². The molecule has 2 aromatic heterocycles. The van der Waals surface area contributed by atoms with Crippen LogP contribution < -0.4 is 4.72 Å². The van der Waals surface area contributed by atoms with Gasteiger partial charge >= 0.3 is 0 Å². The molecule has 0 amide bonds. The quantitative estimate of drug-likeness (QED) is 0.574. The Hall–Kier alpha value is -2.45. The van der Waals surface area contributed by atoms with Crippen LogP contribution in [0.4, 0.5) is 10.1 Å². The molecule has 142 valence electrons. The number of nitrogens with zero attached hydrogens (tertiary/aromatic N) is 1. The van der Waals surface area contributed by atoms with Crippen LogP contribution in [0.5, 0.6) is 0 Å². The Morgan fingerprint density at radius 2 is 2.11 bits per heavy atom. The molecule has 9 heteroatoms. The van der Waals surface area contributed by atoms with Crippen molar-refractivity contribution < 1.29 is 17.6 Å². The van der Waals surface area contributed by atoms with Gasteiger partial charge in [-0.1, -0.05) is 31.0 Å². The van der Waals surface area contributed by atoms with E-state index in [1.54, 1.807) is 6.07 Å². The number of aromatic amines is 1. The normalized spacial score (nSPS) is 11.7. The molecule has 27 heavy (non-hydrogen) atoms. The lowest BCUT2D eigenvalue weighted by atomic mass is 10.0. The first kappa shape index (κ1) is 19.3. The Labute approximate surface area is 160 Å². The molecule has 0 spiro atoms. The van der Waals surface area contributed by atoms with Crippen molar-refractivity contribution in [3.8, 4) is 0 Å². The van der Waals surface area contributed by atoms with Crippen LogP contribution in [0.2, 0.25) is 5.02 Å². The van der Waals surface area contributed by atoms with Gasteiger partial charge in [0.05, 0.1) is 22.0 Å². The van der Waals surface area contributed by atoms with Crippen LogP contribution in [0.15, 0.2) is 36.7 Å². The second kappa shape index (κ2) is 7.66. The minimum Gasteiger partial charge on any atom is -0.345 e. The zero-order chi connectivity index (χ0) is 19.6. The Morgan fingerprint density at radius 3 is 2.85 bits per heavy atom. The smallest absolute Gasteiger partial charge is 0.232 e. The van der Waals surface area contributed by atoms with E-state index in [-0.39, 0.29) is 22.6 Å². The van der Waals surface area contributed by atoms with Crippen LogP contribution in [0.25, 0.3) is 11.0 Å². The second-order valence-electron chi connectivity index (χ2n) is 6.02. The van der Waals surface area contributed by atoms with Crippen LogP contribution >= 0.6 is 11.6 Å². The third-order valence-corrected chi connectivity index (χ3v) is 5.58. The highest BCUT2D eigenvalue weighted by Gasteiger charge is 2.22. The predicted octanol–water partition coefficient (Wildman–Crippen LogP) is 4.13. The van der Waals surface area contributed by atoms with E-state index in [1.165, 1.54) is 30.6 Å². The number of sulfonamides is 1. The number of hydrogen-bond donors (Lipinski definition) is 2. The molecule has 3 aromatic rings. The molecule has 0 saturated heterocycles. The summed E-state index contributed by atoms with van der Waals surface area (Å²) in [5.74, 6) is -1.64. The molecule has 0 radical (unpaired) electrons. The molecule has 0 unspecified atom stereocenters. The maximum atomic E-state index is 14.8. The van der Waals surface area contributed by atoms with Gasteiger partial charge in [0.2, 0.25) is 10.0 Å². The Bertz CT molecular complexity index is 1110. The molecule has 3 rings (SSSR count). The summed E-state index contributed by atoms with van der Waals surface area (Å²) in [5.41, 5.74) is 0.143. The van der Waals surface area contributed by atoms with Crippen LogP contribution in [0.3, 0.4) is 0 Å². The van der Waals surface area contributed by atoms with Crippen molar-refractivity contribution in [3.63, 3.8) is 0 Å². The molecule has 0 aliphatic heterocycles. The van der Waals surface area contributed by atoms with Crippen molar-refractivity contribution in [2.24, 2.45) is 0 Å². The molecule has 2 N–H and O–H groups in total. The topological polar surface area (TPSA) is 91.9 Å². The Balaban J connectivity index is 1.97. The minimum absolute atomic E-state index is 0.117. The number of ketones is 1. The molecule has 2 heterocycles. The van der Waals surface area contributed by atoms with Gasteiger partial charge in [0.25, 0.3) is 0 Å². The van der Waals surface area contributed by atoms with Gasteiger partial charge in [-0.2, -0.15) is 0 Å². The Morgan fingerprint density at radius 1 is 1.33 bits per heavy atom. The standard InChI is InChI=1S/C18H17ClFN3O3S/c1-2-3-7-27(25,26)23-15-6-4-5-12(16(15)20)17(24)14-10-22-18-13(14)8-11(19)9-21-18/h4-6,8-10,23H,2-3,7H2,1H3,(H,21,22). The van der Waals surface area contributed by atoms with E-state index in [1.807, 2.05) is 6.92 Å². The first-order chi connectivity index (χ1) is 12.8. The summed E-state index contributed by atoms with van der Waals surface area (Å²) in [4.78, 5) is 19.7. The second-order valence-corrected chi connectivity index (χ2v) is 8.30. The number of pyridine rings is 1. The largest absolute Gasteiger partial charge is 0.345 e. The fraction of sp³-hybridized carbons (Fsp3) is 0.222. The van der Waals surface area contributed by atoms with E-state index < -0.39 is 21.6 Å². The highest BCUT2D eigenvalue weighted by atomic mass is 35.5. The highest BCUT2D eigenvalue weighted by molar-refractivity contribution is 7.92. The molecule has 6 nitrogen and oxygen atoms in total. The van der Waals surface area contributed by atoms with Gasteiger partial charge in [0.15, 0.2) is 11.6 Å². The Kier molecular flexibility index (Phi) is 5.48. The highest BCUT2D eigenvalue weighted by Crippen LogP contribution is 2.26. The van der Waals surface area contributed by atoms with Crippen molar-refractivity contribution in [3.05, 3.63) is 58.6 Å². The summed E-state index contributed by atoms with van der Waals surface area (Å²) in [6, 6.07) is 5.57. The minimum atomic E-state index is -3.69. The van der Waals surface area contributed by atoms with Gasteiger partial charge in [-0.3, -0.25) is 9.52 Å². The van der Waals surface area contributed by atoms with Crippen molar-refractivity contribution in [2.75, 3.05) is 10.5 Å². The molecule has 0 fully saturated rings. The third-order valence-electron chi connectivity index (χ3n) is 4.02. The molecule has 0 bridgehead atoms. The average Bonchev–Trinajstić information content (AvgIpc) is 3.04. The van der Waals surface area contributed by atoms with Gasteiger partial charge in [0.1, 0.15) is 5.65 Å². The van der Waals surface area contributed by atoms with Crippen molar-refractivity contribution in [1.29, 1.82) is 0 Å². The molecular weight excluding hydrogens is 393 g/mol. The van der Waals surface area contributed by atoms with Crippen LogP contribution in [-0.4, -0.2) is 29.9 Å². The number of nitrogens with one attached hydrogen (secondary N) is 2. The SMILES string of the molecule is CCCCS(=O)(=O)Nc1cccc(C(=O)c2c[nH]c3ncc(Cl)cc23)c1F. The maximum Gasteiger partial charge on any atom is 0.232 e. The van der Waals surface area contributed by atoms with Gasteiger partial charge in [-0.15, -0.1) is 0 Å². The van der Waals surface area contributed by atoms with Crippen LogP contribution in [-0.2, 0) is 10.0 Å². The van der Waals surface area contributed by atoms with Crippen molar-refractivity contribution in [1.82, 2.24) is 9.97 Å². The summed E-state index contributed by atoms with van der Waals surface area (Å²) < 4.78 is 41.1. The number of carbonyl (C=O) groups is 1. The molecule has 0 atom stereocenters. The fourth-order valence-electron chi connectivity index (χ4n) is 2.65. The number of hydrogen-bond acceptors (Lipinski definition) is 4. The zero-order valence-electron chi connectivity index (χ0n) is 14.4. The number of rotatable bonds is 7. The van der Waals surface area contributed by atoms with Gasteiger partial charge in [-0.05, 0) is 24.6 Å². The number of aromatic nitrogens is 2. The summed E-state index contributed by atoms with van der Waals surface area (Å²) >= 11 is 5.93. The lowest BCUT2D eigenvalue weighted by molar-refractivity contribution is 0.103. The fourth-order valence-corrected chi connectivity index (χ4v) is 4.07. The van der Waals surface area contributed by atoms with E-state index in [4.69, 9.17) is 11.6 Å². The summed E-state index contributed by atoms with van der Waals surface area (Å²) in [6.45, 7) is 1.86. The first-order valence-electron chi connectivity index (χ1n) is 8.28. The molecule has 0 aliphatic rings. The number of halogens is 2. The first-order valence-corrected chi connectivity index (χ1v) is 10.3. The molecular formula is C18H17ClFN3O3S. The van der Waals surface area contributed by atoms with Gasteiger partial charge < -0.3 is 4.98 Å². The summed E-state index contributed by atoms with van der Waals surface area (Å²) in [5, 5.41) is 0.801.